The van der Waals surface area contributed by atoms with Gasteiger partial charge in [0, 0.05) is 11.8 Å². The summed E-state index contributed by atoms with van der Waals surface area (Å²) in [5.41, 5.74) is 11.7. The minimum absolute atomic E-state index is 0.522. The molecule has 4 aromatic rings. The van der Waals surface area contributed by atoms with Crippen LogP contribution in [-0.4, -0.2) is 14.6 Å². The van der Waals surface area contributed by atoms with Crippen LogP contribution in [-0.2, 0) is 0 Å². The molecule has 0 aliphatic heterocycles. The Balaban J connectivity index is 1.70. The molecule has 118 valence electrons. The Hall–Kier alpha value is -3.34. The largest absolute Gasteiger partial charge is 0.397 e. The number of hydrogen-bond acceptors (Lipinski definition) is 4. The van der Waals surface area contributed by atoms with Gasteiger partial charge in [0.2, 0.25) is 5.95 Å². The Kier molecular flexibility index (Phi) is 3.39. The van der Waals surface area contributed by atoms with E-state index in [1.165, 1.54) is 5.56 Å². The van der Waals surface area contributed by atoms with Crippen LogP contribution in [0.15, 0.2) is 66.9 Å². The number of para-hydroxylation sites is 2. The van der Waals surface area contributed by atoms with Crippen molar-refractivity contribution < 1.29 is 0 Å². The van der Waals surface area contributed by atoms with Gasteiger partial charge < -0.3 is 11.1 Å². The molecule has 5 nitrogen and oxygen atoms in total. The number of aryl methyl sites for hydroxylation is 1. The standard InChI is InChI=1S/C19H17N5/c1-13-5-4-6-14(11-13)15-9-10-18-22-19(23-24(18)12-15)21-17-8-3-2-7-16(17)20/h2-12H,20H2,1H3,(H,21,23). The molecule has 2 heterocycles. The molecule has 0 saturated heterocycles. The molecule has 0 aliphatic carbocycles. The molecule has 2 aromatic heterocycles. The number of pyridine rings is 1. The predicted octanol–water partition coefficient (Wildman–Crippen LogP) is 4.03. The molecule has 0 fully saturated rings. The van der Waals surface area contributed by atoms with Gasteiger partial charge in [-0.25, -0.2) is 4.52 Å². The molecule has 24 heavy (non-hydrogen) atoms. The van der Waals surface area contributed by atoms with Crippen molar-refractivity contribution in [1.29, 1.82) is 0 Å². The van der Waals surface area contributed by atoms with E-state index in [1.807, 2.05) is 36.5 Å². The van der Waals surface area contributed by atoms with E-state index >= 15 is 0 Å². The summed E-state index contributed by atoms with van der Waals surface area (Å²) < 4.78 is 1.78. The second kappa shape index (κ2) is 5.70. The molecule has 0 atom stereocenters. The molecule has 0 bridgehead atoms. The summed E-state index contributed by atoms with van der Waals surface area (Å²) in [6, 6.07) is 20.0. The third-order valence-electron chi connectivity index (χ3n) is 3.89. The zero-order chi connectivity index (χ0) is 16.5. The van der Waals surface area contributed by atoms with Gasteiger partial charge in [0.05, 0.1) is 11.4 Å². The van der Waals surface area contributed by atoms with Gasteiger partial charge in [-0.15, -0.1) is 5.10 Å². The average Bonchev–Trinajstić information content (AvgIpc) is 2.98. The smallest absolute Gasteiger partial charge is 0.247 e. The lowest BCUT2D eigenvalue weighted by Gasteiger charge is -2.04. The van der Waals surface area contributed by atoms with Crippen LogP contribution < -0.4 is 11.1 Å². The summed E-state index contributed by atoms with van der Waals surface area (Å²) in [5.74, 6) is 0.522. The number of rotatable bonds is 3. The fraction of sp³-hybridized carbons (Fsp3) is 0.0526. The molecule has 0 radical (unpaired) electrons. The topological polar surface area (TPSA) is 68.2 Å². The molecular weight excluding hydrogens is 298 g/mol. The Morgan fingerprint density at radius 2 is 1.83 bits per heavy atom. The number of fused-ring (bicyclic) bond motifs is 1. The summed E-state index contributed by atoms with van der Waals surface area (Å²) in [5, 5.41) is 7.66. The highest BCUT2D eigenvalue weighted by molar-refractivity contribution is 5.71. The lowest BCUT2D eigenvalue weighted by Crippen LogP contribution is -1.97. The molecule has 4 rings (SSSR count). The number of aromatic nitrogens is 3. The Bertz CT molecular complexity index is 1020. The van der Waals surface area contributed by atoms with Gasteiger partial charge in [0.25, 0.3) is 0 Å². The number of nitrogens with zero attached hydrogens (tertiary/aromatic N) is 3. The number of hydrogen-bond donors (Lipinski definition) is 2. The molecule has 0 amide bonds. The number of nitrogens with one attached hydrogen (secondary N) is 1. The third kappa shape index (κ3) is 2.67. The van der Waals surface area contributed by atoms with Crippen LogP contribution in [0.2, 0.25) is 0 Å². The van der Waals surface area contributed by atoms with Crippen LogP contribution in [0.1, 0.15) is 5.56 Å². The maximum Gasteiger partial charge on any atom is 0.247 e. The van der Waals surface area contributed by atoms with E-state index in [9.17, 15) is 0 Å². The predicted molar refractivity (Wildman–Crippen MR) is 97.3 cm³/mol. The molecule has 5 heteroatoms. The van der Waals surface area contributed by atoms with Crippen molar-refractivity contribution in [1.82, 2.24) is 14.6 Å². The third-order valence-corrected chi connectivity index (χ3v) is 3.89. The van der Waals surface area contributed by atoms with Crippen LogP contribution in [0.3, 0.4) is 0 Å². The van der Waals surface area contributed by atoms with Gasteiger partial charge in [-0.1, -0.05) is 42.0 Å². The van der Waals surface area contributed by atoms with E-state index in [2.05, 4.69) is 52.7 Å². The average molecular weight is 315 g/mol. The monoisotopic (exact) mass is 315 g/mol. The van der Waals surface area contributed by atoms with Crippen LogP contribution in [0.4, 0.5) is 17.3 Å². The lowest BCUT2D eigenvalue weighted by molar-refractivity contribution is 0.967. The first-order valence-electron chi connectivity index (χ1n) is 7.74. The minimum Gasteiger partial charge on any atom is -0.397 e. The quantitative estimate of drug-likeness (QED) is 0.560. The van der Waals surface area contributed by atoms with E-state index in [-0.39, 0.29) is 0 Å². The SMILES string of the molecule is Cc1cccc(-c2ccc3nc(Nc4ccccc4N)nn3c2)c1. The van der Waals surface area contributed by atoms with Crippen LogP contribution in [0.5, 0.6) is 0 Å². The first-order valence-corrected chi connectivity index (χ1v) is 7.74. The van der Waals surface area contributed by atoms with Crippen molar-refractivity contribution in [3.8, 4) is 11.1 Å². The van der Waals surface area contributed by atoms with Crippen molar-refractivity contribution in [2.45, 2.75) is 6.92 Å². The van der Waals surface area contributed by atoms with E-state index in [4.69, 9.17) is 5.73 Å². The number of anilines is 3. The second-order valence-electron chi connectivity index (χ2n) is 5.74. The van der Waals surface area contributed by atoms with Crippen LogP contribution in [0, 0.1) is 6.92 Å². The molecular formula is C19H17N5. The number of nitrogen functional groups attached to an aromatic ring is 1. The lowest BCUT2D eigenvalue weighted by atomic mass is 10.1. The fourth-order valence-corrected chi connectivity index (χ4v) is 2.66. The molecule has 2 aromatic carbocycles. The van der Waals surface area contributed by atoms with E-state index < -0.39 is 0 Å². The van der Waals surface area contributed by atoms with Crippen LogP contribution >= 0.6 is 0 Å². The minimum atomic E-state index is 0.522. The summed E-state index contributed by atoms with van der Waals surface area (Å²) in [6.45, 7) is 2.09. The van der Waals surface area contributed by atoms with Gasteiger partial charge in [-0.3, -0.25) is 0 Å². The van der Waals surface area contributed by atoms with E-state index in [1.54, 1.807) is 4.52 Å². The van der Waals surface area contributed by atoms with Gasteiger partial charge in [0.1, 0.15) is 0 Å². The zero-order valence-electron chi connectivity index (χ0n) is 13.3. The summed E-state index contributed by atoms with van der Waals surface area (Å²) in [6.07, 6.45) is 1.98. The highest BCUT2D eigenvalue weighted by Crippen LogP contribution is 2.23. The number of benzene rings is 2. The highest BCUT2D eigenvalue weighted by atomic mass is 15.3. The molecule has 0 saturated carbocycles. The van der Waals surface area contributed by atoms with Crippen molar-refractivity contribution >= 4 is 23.0 Å². The Morgan fingerprint density at radius 1 is 0.958 bits per heavy atom. The highest BCUT2D eigenvalue weighted by Gasteiger charge is 2.07. The fourth-order valence-electron chi connectivity index (χ4n) is 2.66. The van der Waals surface area contributed by atoms with Gasteiger partial charge in [-0.05, 0) is 36.8 Å². The summed E-state index contributed by atoms with van der Waals surface area (Å²) >= 11 is 0. The zero-order valence-corrected chi connectivity index (χ0v) is 13.3. The van der Waals surface area contributed by atoms with Gasteiger partial charge in [-0.2, -0.15) is 4.98 Å². The number of nitrogens with two attached hydrogens (primary N) is 1. The Labute approximate surface area is 139 Å². The normalized spacial score (nSPS) is 10.9. The van der Waals surface area contributed by atoms with Gasteiger partial charge in [0.15, 0.2) is 5.65 Å². The van der Waals surface area contributed by atoms with E-state index in [0.29, 0.717) is 11.6 Å². The second-order valence-corrected chi connectivity index (χ2v) is 5.74. The first-order chi connectivity index (χ1) is 11.7. The maximum absolute atomic E-state index is 5.95. The van der Waals surface area contributed by atoms with Crippen molar-refractivity contribution in [2.75, 3.05) is 11.1 Å². The molecule has 3 N–H and O–H groups in total. The maximum atomic E-state index is 5.95. The van der Waals surface area contributed by atoms with Crippen molar-refractivity contribution in [3.05, 3.63) is 72.4 Å². The van der Waals surface area contributed by atoms with Crippen molar-refractivity contribution in [2.24, 2.45) is 0 Å². The molecule has 0 unspecified atom stereocenters. The molecule has 0 aliphatic rings. The summed E-state index contributed by atoms with van der Waals surface area (Å²) in [7, 11) is 0. The van der Waals surface area contributed by atoms with Crippen LogP contribution in [0.25, 0.3) is 16.8 Å². The van der Waals surface area contributed by atoms with E-state index in [0.717, 1.165) is 22.5 Å². The Morgan fingerprint density at radius 3 is 2.67 bits per heavy atom. The summed E-state index contributed by atoms with van der Waals surface area (Å²) in [4.78, 5) is 4.49. The van der Waals surface area contributed by atoms with Gasteiger partial charge >= 0.3 is 0 Å². The van der Waals surface area contributed by atoms with Crippen molar-refractivity contribution in [3.63, 3.8) is 0 Å². The first kappa shape index (κ1) is 14.3. The molecule has 0 spiro atoms.